The van der Waals surface area contributed by atoms with Crippen molar-refractivity contribution in [2.75, 3.05) is 0 Å². The van der Waals surface area contributed by atoms with Crippen LogP contribution in [0.3, 0.4) is 0 Å². The summed E-state index contributed by atoms with van der Waals surface area (Å²) in [7, 11) is 0. The molecule has 0 aliphatic rings. The molecule has 61 heavy (non-hydrogen) atoms. The van der Waals surface area contributed by atoms with E-state index in [1.807, 2.05) is 18.2 Å². The maximum atomic E-state index is 5.07. The van der Waals surface area contributed by atoms with E-state index in [2.05, 4.69) is 223 Å². The monoisotopic (exact) mass is 776 g/mol. The van der Waals surface area contributed by atoms with Gasteiger partial charge in [-0.3, -0.25) is 4.57 Å². The molecular formula is C59H40N2. The number of benzene rings is 10. The normalized spacial score (nSPS) is 12.0. The minimum absolute atomic E-state index is 0.916. The number of rotatable bonds is 8. The molecule has 0 spiro atoms. The Hall–Kier alpha value is -8.07. The van der Waals surface area contributed by atoms with Crippen molar-refractivity contribution < 1.29 is 0 Å². The van der Waals surface area contributed by atoms with Gasteiger partial charge >= 0.3 is 0 Å². The summed E-state index contributed by atoms with van der Waals surface area (Å²) < 4.78 is 2.24. The molecule has 0 atom stereocenters. The lowest BCUT2D eigenvalue weighted by atomic mass is 9.84. The number of hydrogen-bond donors (Lipinski definition) is 0. The van der Waals surface area contributed by atoms with E-state index in [1.54, 1.807) is 0 Å². The summed E-state index contributed by atoms with van der Waals surface area (Å²) in [5.41, 5.74) is 12.4. The summed E-state index contributed by atoms with van der Waals surface area (Å²) >= 11 is 0. The zero-order chi connectivity index (χ0) is 40.7. The molecule has 0 bridgehead atoms. The summed E-state index contributed by atoms with van der Waals surface area (Å²) in [5, 5.41) is 9.90. The molecule has 2 nitrogen and oxygen atoms in total. The van der Waals surface area contributed by atoms with Crippen LogP contribution in [0, 0.1) is 0 Å². The fourth-order valence-electron chi connectivity index (χ4n) is 9.03. The maximum absolute atomic E-state index is 5.07. The maximum Gasteiger partial charge on any atom is 0.145 e. The Balaban J connectivity index is 1.00. The Morgan fingerprint density at radius 2 is 1.02 bits per heavy atom. The average molecular weight is 777 g/mol. The average Bonchev–Trinajstić information content (AvgIpc) is 3.72. The second kappa shape index (κ2) is 15.3. The molecule has 11 aromatic rings. The lowest BCUT2D eigenvalue weighted by Gasteiger charge is -2.19. The minimum atomic E-state index is 0.916. The third kappa shape index (κ3) is 6.52. The van der Waals surface area contributed by atoms with E-state index < -0.39 is 0 Å². The summed E-state index contributed by atoms with van der Waals surface area (Å²) in [6.45, 7) is 4.20. The fraction of sp³-hybridized carbons (Fsp3) is 0. The van der Waals surface area contributed by atoms with Crippen LogP contribution >= 0.6 is 0 Å². The first-order chi connectivity index (χ1) is 30.2. The van der Waals surface area contributed by atoms with Gasteiger partial charge < -0.3 is 0 Å². The van der Waals surface area contributed by atoms with Gasteiger partial charge in [-0.25, -0.2) is 4.98 Å². The van der Waals surface area contributed by atoms with Crippen molar-refractivity contribution in [1.82, 2.24) is 9.55 Å². The molecule has 1 aromatic heterocycles. The van der Waals surface area contributed by atoms with Crippen molar-refractivity contribution in [3.63, 3.8) is 0 Å². The quantitative estimate of drug-likeness (QED) is 0.111. The SMILES string of the molecule is C=C/C(=C\C=C\c1ccc2c(-c3ccc4ccccc4c3)c3ccccc3c(-c3ccc4ccccc4c3)c2c1)c1ccc(-c2nc3ccccc3n2-c2ccccc2)cc1. The van der Waals surface area contributed by atoms with E-state index in [4.69, 9.17) is 4.98 Å². The first kappa shape index (κ1) is 36.0. The largest absolute Gasteiger partial charge is 0.292 e. The van der Waals surface area contributed by atoms with Crippen LogP contribution in [-0.4, -0.2) is 9.55 Å². The summed E-state index contributed by atoms with van der Waals surface area (Å²) in [4.78, 5) is 5.07. The molecule has 0 aliphatic carbocycles. The predicted molar refractivity (Wildman–Crippen MR) is 261 cm³/mol. The van der Waals surface area contributed by atoms with Gasteiger partial charge in [-0.1, -0.05) is 195 Å². The molecule has 0 aliphatic heterocycles. The molecule has 286 valence electrons. The Bertz CT molecular complexity index is 3530. The highest BCUT2D eigenvalue weighted by atomic mass is 15.1. The highest BCUT2D eigenvalue weighted by molar-refractivity contribution is 6.22. The van der Waals surface area contributed by atoms with Crippen molar-refractivity contribution in [2.45, 2.75) is 0 Å². The lowest BCUT2D eigenvalue weighted by Crippen LogP contribution is -1.97. The van der Waals surface area contributed by atoms with Crippen LogP contribution in [0.4, 0.5) is 0 Å². The molecule has 11 rings (SSSR count). The van der Waals surface area contributed by atoms with Gasteiger partial charge in [0, 0.05) is 11.3 Å². The fourth-order valence-corrected chi connectivity index (χ4v) is 9.03. The molecule has 0 fully saturated rings. The van der Waals surface area contributed by atoms with Gasteiger partial charge in [0.25, 0.3) is 0 Å². The number of hydrogen-bond acceptors (Lipinski definition) is 1. The third-order valence-electron chi connectivity index (χ3n) is 12.0. The molecule has 0 saturated carbocycles. The topological polar surface area (TPSA) is 17.8 Å². The van der Waals surface area contributed by atoms with Gasteiger partial charge in [0.15, 0.2) is 0 Å². The Labute approximate surface area is 355 Å². The summed E-state index contributed by atoms with van der Waals surface area (Å²) in [5.74, 6) is 0.916. The van der Waals surface area contributed by atoms with Crippen molar-refractivity contribution in [3.05, 3.63) is 242 Å². The van der Waals surface area contributed by atoms with Gasteiger partial charge in [-0.2, -0.15) is 0 Å². The molecule has 2 heteroatoms. The van der Waals surface area contributed by atoms with Crippen LogP contribution in [0.25, 0.3) is 105 Å². The van der Waals surface area contributed by atoms with E-state index >= 15 is 0 Å². The van der Waals surface area contributed by atoms with Gasteiger partial charge in [0.05, 0.1) is 11.0 Å². The van der Waals surface area contributed by atoms with Crippen LogP contribution in [-0.2, 0) is 0 Å². The van der Waals surface area contributed by atoms with Gasteiger partial charge in [0.1, 0.15) is 5.82 Å². The number of para-hydroxylation sites is 3. The minimum Gasteiger partial charge on any atom is -0.292 e. The summed E-state index contributed by atoms with van der Waals surface area (Å²) in [6, 6.07) is 74.2. The first-order valence-electron chi connectivity index (χ1n) is 20.8. The van der Waals surface area contributed by atoms with E-state index in [-0.39, 0.29) is 0 Å². The smallest absolute Gasteiger partial charge is 0.145 e. The highest BCUT2D eigenvalue weighted by Gasteiger charge is 2.18. The van der Waals surface area contributed by atoms with Gasteiger partial charge in [0.2, 0.25) is 0 Å². The van der Waals surface area contributed by atoms with Crippen molar-refractivity contribution in [2.24, 2.45) is 0 Å². The number of allylic oxidation sites excluding steroid dienone is 4. The van der Waals surface area contributed by atoms with Crippen LogP contribution < -0.4 is 0 Å². The van der Waals surface area contributed by atoms with Gasteiger partial charge in [-0.05, 0) is 125 Å². The molecule has 0 unspecified atom stereocenters. The van der Waals surface area contributed by atoms with Crippen LogP contribution in [0.5, 0.6) is 0 Å². The van der Waals surface area contributed by atoms with Crippen molar-refractivity contribution in [1.29, 1.82) is 0 Å². The Kier molecular flexibility index (Phi) is 9.02. The van der Waals surface area contributed by atoms with Gasteiger partial charge in [-0.15, -0.1) is 0 Å². The van der Waals surface area contributed by atoms with E-state index in [9.17, 15) is 0 Å². The van der Waals surface area contributed by atoms with E-state index in [0.717, 1.165) is 44.8 Å². The van der Waals surface area contributed by atoms with E-state index in [1.165, 1.54) is 65.3 Å². The zero-order valence-electron chi connectivity index (χ0n) is 33.5. The molecule has 0 N–H and O–H groups in total. The first-order valence-corrected chi connectivity index (χ1v) is 20.8. The van der Waals surface area contributed by atoms with Crippen molar-refractivity contribution in [3.8, 4) is 39.3 Å². The number of imidazole rings is 1. The molecule has 0 saturated heterocycles. The molecule has 0 radical (unpaired) electrons. The molecular weight excluding hydrogens is 737 g/mol. The highest BCUT2D eigenvalue weighted by Crippen LogP contribution is 2.45. The molecule has 0 amide bonds. The molecule has 10 aromatic carbocycles. The van der Waals surface area contributed by atoms with Crippen LogP contribution in [0.15, 0.2) is 231 Å². The van der Waals surface area contributed by atoms with Crippen LogP contribution in [0.1, 0.15) is 11.1 Å². The number of aromatic nitrogens is 2. The van der Waals surface area contributed by atoms with Crippen LogP contribution in [0.2, 0.25) is 0 Å². The standard InChI is InChI=1S/C59H40N2/c1-2-41(44-28-32-45(33-29-44)59-60-55-25-12-13-26-56(55)61(59)50-21-4-3-5-22-50)20-14-15-40-27-36-53-54(37-40)58(49-35-31-43-17-7-9-19-47(43)39-49)52-24-11-10-23-51(52)57(53)48-34-30-42-16-6-8-18-46(42)38-48/h2-39H,1H2/b15-14+,41-20+. The number of fused-ring (bicyclic) bond motifs is 5. The Morgan fingerprint density at radius 3 is 1.69 bits per heavy atom. The Morgan fingerprint density at radius 1 is 0.459 bits per heavy atom. The molecule has 1 heterocycles. The lowest BCUT2D eigenvalue weighted by molar-refractivity contribution is 1.10. The second-order valence-corrected chi connectivity index (χ2v) is 15.6. The number of nitrogens with zero attached hydrogens (tertiary/aromatic N) is 2. The summed E-state index contributed by atoms with van der Waals surface area (Å²) in [6.07, 6.45) is 8.42. The third-order valence-corrected chi connectivity index (χ3v) is 12.0. The zero-order valence-corrected chi connectivity index (χ0v) is 33.5. The van der Waals surface area contributed by atoms with Crippen molar-refractivity contribution >= 4 is 65.8 Å². The van der Waals surface area contributed by atoms with E-state index in [0.29, 0.717) is 0 Å². The second-order valence-electron chi connectivity index (χ2n) is 15.6. The predicted octanol–water partition coefficient (Wildman–Crippen LogP) is 15.9.